The highest BCUT2D eigenvalue weighted by Gasteiger charge is 2.12. The molecule has 1 aromatic rings. The van der Waals surface area contributed by atoms with E-state index >= 15 is 0 Å². The zero-order valence-corrected chi connectivity index (χ0v) is 12.2. The lowest BCUT2D eigenvalue weighted by atomic mass is 10.1. The van der Waals surface area contributed by atoms with Crippen LogP contribution in [-0.4, -0.2) is 35.7 Å². The highest BCUT2D eigenvalue weighted by molar-refractivity contribution is 5.90. The third-order valence-electron chi connectivity index (χ3n) is 3.20. The second kappa shape index (κ2) is 7.14. The van der Waals surface area contributed by atoms with Crippen LogP contribution in [0.2, 0.25) is 0 Å². The number of urea groups is 1. The standard InChI is InChI=1S/C15H24N2O2/c1-5-13-8-6-7-11(2)14(13)16-15(19)17(4)10-9-12(3)18/h6-8,12,18H,5,9-10H2,1-4H3,(H,16,19). The van der Waals surface area contributed by atoms with E-state index in [0.29, 0.717) is 13.0 Å². The molecule has 0 radical (unpaired) electrons. The Morgan fingerprint density at radius 2 is 2.16 bits per heavy atom. The first kappa shape index (κ1) is 15.5. The third-order valence-corrected chi connectivity index (χ3v) is 3.20. The van der Waals surface area contributed by atoms with Gasteiger partial charge in [0.2, 0.25) is 0 Å². The van der Waals surface area contributed by atoms with Gasteiger partial charge in [-0.2, -0.15) is 0 Å². The smallest absolute Gasteiger partial charge is 0.321 e. The minimum atomic E-state index is -0.389. The van der Waals surface area contributed by atoms with Crippen molar-refractivity contribution in [1.29, 1.82) is 0 Å². The molecule has 2 N–H and O–H groups in total. The van der Waals surface area contributed by atoms with Gasteiger partial charge in [0.1, 0.15) is 0 Å². The molecule has 19 heavy (non-hydrogen) atoms. The van der Waals surface area contributed by atoms with E-state index in [1.165, 1.54) is 0 Å². The number of amides is 2. The number of rotatable bonds is 5. The molecule has 0 fully saturated rings. The van der Waals surface area contributed by atoms with Crippen molar-refractivity contribution in [2.24, 2.45) is 0 Å². The molecule has 0 saturated heterocycles. The quantitative estimate of drug-likeness (QED) is 0.859. The Morgan fingerprint density at radius 3 is 2.74 bits per heavy atom. The fourth-order valence-electron chi connectivity index (χ4n) is 1.89. The van der Waals surface area contributed by atoms with Crippen molar-refractivity contribution < 1.29 is 9.90 Å². The molecule has 1 unspecified atom stereocenters. The van der Waals surface area contributed by atoms with E-state index in [9.17, 15) is 9.90 Å². The maximum absolute atomic E-state index is 12.1. The molecule has 1 atom stereocenters. The minimum absolute atomic E-state index is 0.135. The zero-order valence-electron chi connectivity index (χ0n) is 12.2. The fraction of sp³-hybridized carbons (Fsp3) is 0.533. The average molecular weight is 264 g/mol. The van der Waals surface area contributed by atoms with Gasteiger partial charge in [-0.3, -0.25) is 0 Å². The Labute approximate surface area is 115 Å². The summed E-state index contributed by atoms with van der Waals surface area (Å²) in [6.07, 6.45) is 1.08. The fourth-order valence-corrected chi connectivity index (χ4v) is 1.89. The number of hydrogen-bond donors (Lipinski definition) is 2. The third kappa shape index (κ3) is 4.56. The first-order valence-electron chi connectivity index (χ1n) is 6.74. The highest BCUT2D eigenvalue weighted by Crippen LogP contribution is 2.21. The number of carbonyl (C=O) groups is 1. The van der Waals surface area contributed by atoms with Crippen molar-refractivity contribution in [3.8, 4) is 0 Å². The van der Waals surface area contributed by atoms with Gasteiger partial charge in [0.05, 0.1) is 6.10 Å². The molecule has 0 heterocycles. The minimum Gasteiger partial charge on any atom is -0.393 e. The number of nitrogens with one attached hydrogen (secondary N) is 1. The molecule has 1 rings (SSSR count). The molecule has 2 amide bonds. The van der Waals surface area contributed by atoms with E-state index in [2.05, 4.69) is 12.2 Å². The highest BCUT2D eigenvalue weighted by atomic mass is 16.3. The van der Waals surface area contributed by atoms with Crippen molar-refractivity contribution >= 4 is 11.7 Å². The number of anilines is 1. The number of benzene rings is 1. The predicted molar refractivity (Wildman–Crippen MR) is 78.5 cm³/mol. The molecule has 4 nitrogen and oxygen atoms in total. The monoisotopic (exact) mass is 264 g/mol. The van der Waals surface area contributed by atoms with Gasteiger partial charge in [0.15, 0.2) is 0 Å². The maximum Gasteiger partial charge on any atom is 0.321 e. The summed E-state index contributed by atoms with van der Waals surface area (Å²) in [6.45, 7) is 6.32. The Kier molecular flexibility index (Phi) is 5.83. The van der Waals surface area contributed by atoms with Crippen LogP contribution >= 0.6 is 0 Å². The van der Waals surface area contributed by atoms with Crippen LogP contribution in [0, 0.1) is 6.92 Å². The van der Waals surface area contributed by atoms with E-state index in [1.54, 1.807) is 18.9 Å². The lowest BCUT2D eigenvalue weighted by Crippen LogP contribution is -2.33. The van der Waals surface area contributed by atoms with Crippen LogP contribution < -0.4 is 5.32 Å². The van der Waals surface area contributed by atoms with E-state index in [4.69, 9.17) is 0 Å². The van der Waals surface area contributed by atoms with E-state index in [1.807, 2.05) is 25.1 Å². The molecule has 0 bridgehead atoms. The van der Waals surface area contributed by atoms with Crippen LogP contribution in [0.25, 0.3) is 0 Å². The first-order chi connectivity index (χ1) is 8.95. The average Bonchev–Trinajstić information content (AvgIpc) is 2.37. The molecular weight excluding hydrogens is 240 g/mol. The van der Waals surface area contributed by atoms with Crippen molar-refractivity contribution in [3.05, 3.63) is 29.3 Å². The second-order valence-corrected chi connectivity index (χ2v) is 4.95. The van der Waals surface area contributed by atoms with Gasteiger partial charge in [-0.1, -0.05) is 25.1 Å². The van der Waals surface area contributed by atoms with Crippen molar-refractivity contribution in [3.63, 3.8) is 0 Å². The number of para-hydroxylation sites is 1. The van der Waals surface area contributed by atoms with Gasteiger partial charge in [-0.15, -0.1) is 0 Å². The topological polar surface area (TPSA) is 52.6 Å². The number of nitrogens with zero attached hydrogens (tertiary/aromatic N) is 1. The number of aliphatic hydroxyl groups is 1. The predicted octanol–water partition coefficient (Wildman–Crippen LogP) is 2.79. The lowest BCUT2D eigenvalue weighted by molar-refractivity contribution is 0.167. The molecule has 0 aromatic heterocycles. The van der Waals surface area contributed by atoms with Crippen LogP contribution in [0.1, 0.15) is 31.4 Å². The van der Waals surface area contributed by atoms with Crippen LogP contribution in [0.15, 0.2) is 18.2 Å². The van der Waals surface area contributed by atoms with Crippen LogP contribution in [-0.2, 0) is 6.42 Å². The largest absolute Gasteiger partial charge is 0.393 e. The summed E-state index contributed by atoms with van der Waals surface area (Å²) in [4.78, 5) is 13.7. The van der Waals surface area contributed by atoms with Gasteiger partial charge in [-0.05, 0) is 37.8 Å². The van der Waals surface area contributed by atoms with Crippen LogP contribution in [0.3, 0.4) is 0 Å². The Hall–Kier alpha value is -1.55. The molecule has 4 heteroatoms. The van der Waals surface area contributed by atoms with Gasteiger partial charge in [0.25, 0.3) is 0 Å². The molecule has 1 aromatic carbocycles. The molecule has 0 spiro atoms. The molecule has 0 aliphatic carbocycles. The van der Waals surface area contributed by atoms with Crippen molar-refractivity contribution in [1.82, 2.24) is 4.90 Å². The first-order valence-corrected chi connectivity index (χ1v) is 6.74. The van der Waals surface area contributed by atoms with Gasteiger partial charge in [0, 0.05) is 19.3 Å². The van der Waals surface area contributed by atoms with Crippen molar-refractivity contribution in [2.45, 2.75) is 39.7 Å². The summed E-state index contributed by atoms with van der Waals surface area (Å²) in [5.74, 6) is 0. The van der Waals surface area contributed by atoms with Gasteiger partial charge >= 0.3 is 6.03 Å². The summed E-state index contributed by atoms with van der Waals surface area (Å²) in [5.41, 5.74) is 3.10. The normalized spacial score (nSPS) is 12.1. The summed E-state index contributed by atoms with van der Waals surface area (Å²) < 4.78 is 0. The molecular formula is C15H24N2O2. The van der Waals surface area contributed by atoms with E-state index < -0.39 is 0 Å². The number of aryl methyl sites for hydroxylation is 2. The van der Waals surface area contributed by atoms with Gasteiger partial charge < -0.3 is 15.3 Å². The van der Waals surface area contributed by atoms with Crippen molar-refractivity contribution in [2.75, 3.05) is 18.9 Å². The van der Waals surface area contributed by atoms with Crippen LogP contribution in [0.5, 0.6) is 0 Å². The second-order valence-electron chi connectivity index (χ2n) is 4.95. The molecule has 0 aliphatic rings. The maximum atomic E-state index is 12.1. The number of hydrogen-bond acceptors (Lipinski definition) is 2. The summed E-state index contributed by atoms with van der Waals surface area (Å²) in [6, 6.07) is 5.88. The Balaban J connectivity index is 2.71. The molecule has 106 valence electrons. The number of aliphatic hydroxyl groups excluding tert-OH is 1. The summed E-state index contributed by atoms with van der Waals surface area (Å²) in [7, 11) is 1.74. The zero-order chi connectivity index (χ0) is 14.4. The SMILES string of the molecule is CCc1cccc(C)c1NC(=O)N(C)CCC(C)O. The lowest BCUT2D eigenvalue weighted by Gasteiger charge is -2.20. The summed E-state index contributed by atoms with van der Waals surface area (Å²) in [5, 5.41) is 12.2. The summed E-state index contributed by atoms with van der Waals surface area (Å²) >= 11 is 0. The Morgan fingerprint density at radius 1 is 1.47 bits per heavy atom. The molecule has 0 saturated carbocycles. The molecule has 0 aliphatic heterocycles. The van der Waals surface area contributed by atoms with Gasteiger partial charge in [-0.25, -0.2) is 4.79 Å². The van der Waals surface area contributed by atoms with E-state index in [-0.39, 0.29) is 12.1 Å². The van der Waals surface area contributed by atoms with E-state index in [0.717, 1.165) is 23.2 Å². The van der Waals surface area contributed by atoms with Crippen LogP contribution in [0.4, 0.5) is 10.5 Å². The Bertz CT molecular complexity index is 430. The number of carbonyl (C=O) groups excluding carboxylic acids is 1.